The van der Waals surface area contributed by atoms with Gasteiger partial charge in [0.05, 0.1) is 29.7 Å². The number of imide groups is 1. The molecular formula is C33H32BrN3O6S2. The molecule has 2 aromatic carbocycles. The van der Waals surface area contributed by atoms with Crippen molar-refractivity contribution in [3.8, 4) is 11.5 Å². The van der Waals surface area contributed by atoms with Crippen molar-refractivity contribution in [3.63, 3.8) is 0 Å². The first-order chi connectivity index (χ1) is 21.8. The number of ether oxygens (including phenoxy) is 2. The van der Waals surface area contributed by atoms with E-state index in [-0.39, 0.29) is 64.0 Å². The van der Waals surface area contributed by atoms with Crippen molar-refractivity contribution in [1.82, 2.24) is 9.88 Å². The zero-order valence-corrected chi connectivity index (χ0v) is 27.8. The van der Waals surface area contributed by atoms with Crippen LogP contribution >= 0.6 is 39.0 Å². The number of aromatic nitrogens is 1. The zero-order chi connectivity index (χ0) is 31.0. The number of fused-ring (bicyclic) bond motifs is 9. The molecule has 0 radical (unpaired) electrons. The maximum Gasteiger partial charge on any atom is 0.305 e. The van der Waals surface area contributed by atoms with Gasteiger partial charge in [0.25, 0.3) is 5.91 Å². The van der Waals surface area contributed by atoms with Crippen molar-refractivity contribution < 1.29 is 23.9 Å². The number of benzene rings is 2. The van der Waals surface area contributed by atoms with Gasteiger partial charge in [-0.05, 0) is 85.9 Å². The highest BCUT2D eigenvalue weighted by Crippen LogP contribution is 2.69. The van der Waals surface area contributed by atoms with Crippen LogP contribution in [0.2, 0.25) is 0 Å². The van der Waals surface area contributed by atoms with E-state index in [1.54, 1.807) is 43.1 Å². The molecule has 3 aromatic rings. The highest BCUT2D eigenvalue weighted by molar-refractivity contribution is 9.10. The number of thiazole rings is 1. The van der Waals surface area contributed by atoms with Crippen LogP contribution in [-0.2, 0) is 14.4 Å². The fourth-order valence-corrected chi connectivity index (χ4v) is 11.9. The molecule has 2 saturated heterocycles. The van der Waals surface area contributed by atoms with Crippen LogP contribution in [0.15, 0.2) is 56.8 Å². The number of aromatic amines is 1. The molecule has 4 heterocycles. The first kappa shape index (κ1) is 29.3. The molecule has 7 atom stereocenters. The van der Waals surface area contributed by atoms with Gasteiger partial charge in [-0.3, -0.25) is 24.1 Å². The molecule has 234 valence electrons. The summed E-state index contributed by atoms with van der Waals surface area (Å²) in [5.41, 5.74) is 1.46. The van der Waals surface area contributed by atoms with Crippen LogP contribution in [0, 0.1) is 29.6 Å². The van der Waals surface area contributed by atoms with Crippen LogP contribution in [0.3, 0.4) is 0 Å². The number of likely N-dealkylation sites (tertiary alicyclic amines) is 1. The lowest BCUT2D eigenvalue weighted by atomic mass is 9.68. The van der Waals surface area contributed by atoms with Crippen LogP contribution in [-0.4, -0.2) is 59.7 Å². The number of amides is 3. The van der Waals surface area contributed by atoms with Gasteiger partial charge in [-0.1, -0.05) is 27.3 Å². The largest absolute Gasteiger partial charge is 0.497 e. The standard InChI is InChI=1S/C33H32BrN3O6S2/c1-42-18-8-6-17(7-9-18)37-31(39)26-20-14-21(27(26)32(37)40)28-25(20)24(29-30(44-28)35-33(41)45-29)19-13-16(34)5-10-22(19)43-15-23(38)36-11-3-2-4-12-36/h5-10,13,20-21,24-28H,2-4,11-12,14-15H2,1H3,(H,35,41)/t20?,21?,24-,25?,26?,27?,28?/m1/s1. The summed E-state index contributed by atoms with van der Waals surface area (Å²) in [6.07, 6.45) is 3.95. The zero-order valence-electron chi connectivity index (χ0n) is 24.6. The predicted molar refractivity (Wildman–Crippen MR) is 174 cm³/mol. The van der Waals surface area contributed by atoms with E-state index in [2.05, 4.69) is 20.9 Å². The molecule has 1 N–H and O–H groups in total. The maximum atomic E-state index is 14.1. The van der Waals surface area contributed by atoms with Crippen molar-refractivity contribution in [2.45, 2.75) is 41.9 Å². The highest BCUT2D eigenvalue weighted by atomic mass is 79.9. The number of thioether (sulfide) groups is 1. The molecule has 2 saturated carbocycles. The summed E-state index contributed by atoms with van der Waals surface area (Å²) in [5.74, 6) is -0.0588. The summed E-state index contributed by atoms with van der Waals surface area (Å²) in [4.78, 5) is 61.0. The lowest BCUT2D eigenvalue weighted by Gasteiger charge is -2.43. The van der Waals surface area contributed by atoms with Gasteiger partial charge in [0, 0.05) is 39.2 Å². The van der Waals surface area contributed by atoms with Crippen LogP contribution in [0.25, 0.3) is 0 Å². The number of hydrogen-bond acceptors (Lipinski definition) is 8. The fraction of sp³-hybridized carbons (Fsp3) is 0.455. The molecule has 6 unspecified atom stereocenters. The number of nitrogens with one attached hydrogen (secondary N) is 1. The van der Waals surface area contributed by atoms with E-state index in [0.29, 0.717) is 17.2 Å². The Bertz CT molecular complexity index is 1750. The van der Waals surface area contributed by atoms with Gasteiger partial charge in [-0.15, -0.1) is 11.8 Å². The lowest BCUT2D eigenvalue weighted by Crippen LogP contribution is -2.43. The second-order valence-electron chi connectivity index (χ2n) is 12.6. The van der Waals surface area contributed by atoms with Crippen LogP contribution in [0.4, 0.5) is 5.69 Å². The summed E-state index contributed by atoms with van der Waals surface area (Å²) >= 11 is 6.51. The number of methoxy groups -OCH3 is 1. The Balaban J connectivity index is 1.15. The van der Waals surface area contributed by atoms with E-state index in [1.165, 1.54) is 16.2 Å². The minimum atomic E-state index is -0.414. The van der Waals surface area contributed by atoms with Gasteiger partial charge in [-0.25, -0.2) is 0 Å². The summed E-state index contributed by atoms with van der Waals surface area (Å²) in [7, 11) is 1.58. The van der Waals surface area contributed by atoms with Gasteiger partial charge < -0.3 is 19.4 Å². The Labute approximate surface area is 276 Å². The first-order valence-corrected chi connectivity index (χ1v) is 17.9. The van der Waals surface area contributed by atoms with Crippen LogP contribution in [0.1, 0.15) is 42.0 Å². The smallest absolute Gasteiger partial charge is 0.305 e. The number of piperidine rings is 1. The summed E-state index contributed by atoms with van der Waals surface area (Å²) in [5, 5.41) is 0.882. The minimum absolute atomic E-state index is 0.00551. The molecule has 4 fully saturated rings. The number of anilines is 1. The molecular weight excluding hydrogens is 678 g/mol. The Morgan fingerprint density at radius 1 is 1.00 bits per heavy atom. The second kappa shape index (κ2) is 11.3. The molecule has 3 amide bonds. The van der Waals surface area contributed by atoms with Gasteiger partial charge in [0.15, 0.2) is 6.61 Å². The van der Waals surface area contributed by atoms with Gasteiger partial charge >= 0.3 is 4.87 Å². The second-order valence-corrected chi connectivity index (χ2v) is 15.7. The van der Waals surface area contributed by atoms with E-state index in [0.717, 1.165) is 58.7 Å². The third kappa shape index (κ3) is 4.69. The highest BCUT2D eigenvalue weighted by Gasteiger charge is 2.69. The van der Waals surface area contributed by atoms with Crippen molar-refractivity contribution >= 4 is 62.4 Å². The Kier molecular flexibility index (Phi) is 7.37. The van der Waals surface area contributed by atoms with E-state index in [9.17, 15) is 19.2 Å². The predicted octanol–water partition coefficient (Wildman–Crippen LogP) is 5.28. The Hall–Kier alpha value is -3.09. The Morgan fingerprint density at radius 2 is 1.73 bits per heavy atom. The molecule has 9 nitrogen and oxygen atoms in total. The van der Waals surface area contributed by atoms with E-state index in [1.807, 2.05) is 23.1 Å². The third-order valence-corrected chi connectivity index (χ3v) is 13.5. The molecule has 45 heavy (non-hydrogen) atoms. The minimum Gasteiger partial charge on any atom is -0.497 e. The average Bonchev–Trinajstić information content (AvgIpc) is 3.79. The molecule has 1 aromatic heterocycles. The number of carbonyl (C=O) groups is 3. The normalized spacial score (nSPS) is 29.9. The number of carbonyl (C=O) groups excluding carboxylic acids is 3. The number of nitrogens with zero attached hydrogens (tertiary/aromatic N) is 2. The summed E-state index contributed by atoms with van der Waals surface area (Å²) in [6, 6.07) is 12.9. The van der Waals surface area contributed by atoms with Crippen molar-refractivity contribution in [3.05, 3.63) is 67.0 Å². The Morgan fingerprint density at radius 3 is 2.47 bits per heavy atom. The average molecular weight is 711 g/mol. The fourth-order valence-electron chi connectivity index (χ4n) is 8.62. The summed E-state index contributed by atoms with van der Waals surface area (Å²) in [6.45, 7) is 1.46. The first-order valence-electron chi connectivity index (χ1n) is 15.5. The molecule has 5 aliphatic rings. The van der Waals surface area contributed by atoms with Gasteiger partial charge in [-0.2, -0.15) is 0 Å². The summed E-state index contributed by atoms with van der Waals surface area (Å²) < 4.78 is 12.4. The number of hydrogen-bond donors (Lipinski definition) is 1. The molecule has 0 spiro atoms. The topological polar surface area (TPSA) is 109 Å². The molecule has 12 heteroatoms. The lowest BCUT2D eigenvalue weighted by molar-refractivity contribution is -0.134. The van der Waals surface area contributed by atoms with Crippen LogP contribution in [0.5, 0.6) is 11.5 Å². The quantitative estimate of drug-likeness (QED) is 0.347. The molecule has 3 aliphatic heterocycles. The number of halogens is 1. The van der Waals surface area contributed by atoms with E-state index >= 15 is 0 Å². The van der Waals surface area contributed by atoms with Crippen molar-refractivity contribution in [2.24, 2.45) is 29.6 Å². The third-order valence-electron chi connectivity index (χ3n) is 10.4. The maximum absolute atomic E-state index is 14.1. The number of rotatable bonds is 6. The van der Waals surface area contributed by atoms with E-state index in [4.69, 9.17) is 9.47 Å². The molecule has 8 rings (SSSR count). The van der Waals surface area contributed by atoms with Gasteiger partial charge in [0.2, 0.25) is 11.8 Å². The van der Waals surface area contributed by atoms with Gasteiger partial charge in [0.1, 0.15) is 11.5 Å². The SMILES string of the molecule is COc1ccc(N2C(=O)C3C4CC(C3C2=O)C2C4Sc3[nH]c(=O)sc3[C@@H]2c2cc(Br)ccc2OCC(=O)N2CCCCC2)cc1. The van der Waals surface area contributed by atoms with E-state index < -0.39 is 5.92 Å². The molecule has 2 aliphatic carbocycles. The molecule has 2 bridgehead atoms. The van der Waals surface area contributed by atoms with Crippen molar-refractivity contribution in [1.29, 1.82) is 0 Å². The van der Waals surface area contributed by atoms with Crippen LogP contribution < -0.4 is 19.2 Å². The number of H-pyrrole nitrogens is 1. The van der Waals surface area contributed by atoms with Crippen molar-refractivity contribution in [2.75, 3.05) is 31.7 Å². The monoisotopic (exact) mass is 709 g/mol.